The number of nitrogens with zero attached hydrogens (tertiary/aromatic N) is 1. The fourth-order valence-corrected chi connectivity index (χ4v) is 3.50. The molecule has 23 heavy (non-hydrogen) atoms. The van der Waals surface area contributed by atoms with Gasteiger partial charge in [0.25, 0.3) is 0 Å². The number of nitrogen functional groups attached to an aromatic ring is 1. The molecule has 0 aliphatic carbocycles. The molecule has 2 aromatic carbocycles. The van der Waals surface area contributed by atoms with Gasteiger partial charge in [-0.3, -0.25) is 0 Å². The molecule has 3 rings (SSSR count). The number of nitrogens with one attached hydrogen (secondary N) is 1. The van der Waals surface area contributed by atoms with Gasteiger partial charge in [-0.15, -0.1) is 0 Å². The number of anilines is 1. The van der Waals surface area contributed by atoms with Crippen LogP contribution in [0.25, 0.3) is 10.9 Å². The Hall–Kier alpha value is -2.87. The van der Waals surface area contributed by atoms with Crippen LogP contribution in [0.3, 0.4) is 0 Å². The summed E-state index contributed by atoms with van der Waals surface area (Å²) in [6.45, 7) is 0. The first-order valence-electron chi connectivity index (χ1n) is 6.60. The minimum Gasteiger partial charge on any atom is -0.497 e. The number of aromatic nitrogens is 2. The van der Waals surface area contributed by atoms with E-state index >= 15 is 0 Å². The molecular formula is C15H13N3O4S. The maximum atomic E-state index is 12.7. The lowest BCUT2D eigenvalue weighted by molar-refractivity contribution is 0.414. The Morgan fingerprint density at radius 2 is 1.74 bits per heavy atom. The molecule has 1 heterocycles. The number of aromatic amines is 1. The summed E-state index contributed by atoms with van der Waals surface area (Å²) in [5.74, 6) is 0.545. The van der Waals surface area contributed by atoms with Gasteiger partial charge in [0.15, 0.2) is 0 Å². The van der Waals surface area contributed by atoms with Gasteiger partial charge in [-0.1, -0.05) is 0 Å². The van der Waals surface area contributed by atoms with Crippen molar-refractivity contribution in [1.29, 1.82) is 0 Å². The van der Waals surface area contributed by atoms with Gasteiger partial charge in [-0.25, -0.2) is 13.2 Å². The van der Waals surface area contributed by atoms with Crippen LogP contribution in [0.4, 0.5) is 5.82 Å². The van der Waals surface area contributed by atoms with Crippen molar-refractivity contribution in [3.05, 3.63) is 52.9 Å². The van der Waals surface area contributed by atoms with E-state index in [1.807, 2.05) is 0 Å². The number of H-pyrrole nitrogens is 1. The molecule has 0 saturated carbocycles. The van der Waals surface area contributed by atoms with E-state index in [9.17, 15) is 13.2 Å². The van der Waals surface area contributed by atoms with Crippen molar-refractivity contribution in [1.82, 2.24) is 9.97 Å². The van der Waals surface area contributed by atoms with E-state index in [0.29, 0.717) is 16.7 Å². The Balaban J connectivity index is 2.16. The maximum absolute atomic E-state index is 12.7. The zero-order valence-corrected chi connectivity index (χ0v) is 12.9. The molecule has 1 aromatic heterocycles. The number of ether oxygens (including phenoxy) is 1. The minimum absolute atomic E-state index is 0.0180. The van der Waals surface area contributed by atoms with Gasteiger partial charge in [0.05, 0.1) is 22.4 Å². The lowest BCUT2D eigenvalue weighted by Crippen LogP contribution is -2.13. The van der Waals surface area contributed by atoms with Gasteiger partial charge >= 0.3 is 5.69 Å². The monoisotopic (exact) mass is 331 g/mol. The van der Waals surface area contributed by atoms with Crippen molar-refractivity contribution >= 4 is 26.6 Å². The number of benzene rings is 2. The number of fused-ring (bicyclic) bond motifs is 1. The fraction of sp³-hybridized carbons (Fsp3) is 0.0667. The van der Waals surface area contributed by atoms with Crippen LogP contribution in [-0.2, 0) is 9.84 Å². The first kappa shape index (κ1) is 15.0. The molecule has 0 aliphatic heterocycles. The predicted molar refractivity (Wildman–Crippen MR) is 85.2 cm³/mol. The molecule has 0 radical (unpaired) electrons. The highest BCUT2D eigenvalue weighted by Gasteiger charge is 2.19. The molecule has 0 unspecified atom stereocenters. The highest BCUT2D eigenvalue weighted by atomic mass is 32.2. The Morgan fingerprint density at radius 3 is 2.39 bits per heavy atom. The summed E-state index contributed by atoms with van der Waals surface area (Å²) in [6.07, 6.45) is 0. The largest absolute Gasteiger partial charge is 0.497 e. The fourth-order valence-electron chi connectivity index (χ4n) is 2.22. The van der Waals surface area contributed by atoms with E-state index < -0.39 is 15.5 Å². The lowest BCUT2D eigenvalue weighted by atomic mass is 10.2. The Bertz CT molecular complexity index is 1040. The first-order chi connectivity index (χ1) is 10.9. The SMILES string of the molecule is COc1ccc(S(=O)(=O)c2ccc3[nH]c(=O)nc(N)c3c2)cc1. The van der Waals surface area contributed by atoms with Crippen LogP contribution < -0.4 is 16.2 Å². The summed E-state index contributed by atoms with van der Waals surface area (Å²) in [7, 11) is -2.21. The number of rotatable bonds is 3. The zero-order valence-electron chi connectivity index (χ0n) is 12.1. The van der Waals surface area contributed by atoms with Gasteiger partial charge in [0.2, 0.25) is 9.84 Å². The maximum Gasteiger partial charge on any atom is 0.347 e. The molecule has 0 amide bonds. The average Bonchev–Trinajstić information content (AvgIpc) is 2.54. The van der Waals surface area contributed by atoms with E-state index in [0.717, 1.165) is 0 Å². The second-order valence-electron chi connectivity index (χ2n) is 4.81. The Labute approximate surface area is 131 Å². The molecule has 118 valence electrons. The summed E-state index contributed by atoms with van der Waals surface area (Å²) in [6, 6.07) is 10.4. The lowest BCUT2D eigenvalue weighted by Gasteiger charge is -2.08. The van der Waals surface area contributed by atoms with Crippen molar-refractivity contribution in [2.75, 3.05) is 12.8 Å². The molecule has 0 aliphatic rings. The minimum atomic E-state index is -3.71. The third-order valence-corrected chi connectivity index (χ3v) is 5.18. The Kier molecular flexibility index (Phi) is 3.53. The molecular weight excluding hydrogens is 318 g/mol. The summed E-state index contributed by atoms with van der Waals surface area (Å²) in [4.78, 5) is 17.6. The molecule has 3 N–H and O–H groups in total. The number of hydrogen-bond acceptors (Lipinski definition) is 6. The van der Waals surface area contributed by atoms with E-state index in [-0.39, 0.29) is 15.6 Å². The highest BCUT2D eigenvalue weighted by Crippen LogP contribution is 2.26. The van der Waals surface area contributed by atoms with Crippen LogP contribution in [0.1, 0.15) is 0 Å². The van der Waals surface area contributed by atoms with Crippen molar-refractivity contribution in [3.8, 4) is 5.75 Å². The van der Waals surface area contributed by atoms with E-state index in [4.69, 9.17) is 10.5 Å². The standard InChI is InChI=1S/C15H13N3O4S/c1-22-9-2-4-10(5-3-9)23(20,21)11-6-7-13-12(8-11)14(16)18-15(19)17-13/h2-8H,1H3,(H3,16,17,18,19). The molecule has 3 aromatic rings. The Morgan fingerprint density at radius 1 is 1.09 bits per heavy atom. The van der Waals surface area contributed by atoms with Gasteiger partial charge in [0.1, 0.15) is 11.6 Å². The number of methoxy groups -OCH3 is 1. The van der Waals surface area contributed by atoms with Crippen molar-refractivity contribution in [2.45, 2.75) is 9.79 Å². The molecule has 0 saturated heterocycles. The molecule has 0 fully saturated rings. The van der Waals surface area contributed by atoms with Crippen molar-refractivity contribution in [2.24, 2.45) is 0 Å². The van der Waals surface area contributed by atoms with Crippen LogP contribution in [0.2, 0.25) is 0 Å². The normalized spacial score (nSPS) is 11.5. The van der Waals surface area contributed by atoms with Gasteiger partial charge in [0, 0.05) is 5.39 Å². The van der Waals surface area contributed by atoms with Crippen LogP contribution in [0.5, 0.6) is 5.75 Å². The van der Waals surface area contributed by atoms with Crippen LogP contribution in [-0.4, -0.2) is 25.5 Å². The van der Waals surface area contributed by atoms with Gasteiger partial charge in [-0.05, 0) is 42.5 Å². The van der Waals surface area contributed by atoms with Crippen molar-refractivity contribution < 1.29 is 13.2 Å². The highest BCUT2D eigenvalue weighted by molar-refractivity contribution is 7.91. The number of nitrogens with two attached hydrogens (primary N) is 1. The zero-order chi connectivity index (χ0) is 16.6. The summed E-state index contributed by atoms with van der Waals surface area (Å²) >= 11 is 0. The summed E-state index contributed by atoms with van der Waals surface area (Å²) in [5, 5.41) is 0.374. The topological polar surface area (TPSA) is 115 Å². The van der Waals surface area contributed by atoms with Crippen LogP contribution in [0, 0.1) is 0 Å². The molecule has 0 atom stereocenters. The number of hydrogen-bond donors (Lipinski definition) is 2. The second-order valence-corrected chi connectivity index (χ2v) is 6.76. The third kappa shape index (κ3) is 2.64. The first-order valence-corrected chi connectivity index (χ1v) is 8.09. The summed E-state index contributed by atoms with van der Waals surface area (Å²) < 4.78 is 30.4. The number of sulfone groups is 1. The quantitative estimate of drug-likeness (QED) is 0.748. The predicted octanol–water partition coefficient (Wildman–Crippen LogP) is 1.35. The third-order valence-electron chi connectivity index (χ3n) is 3.41. The van der Waals surface area contributed by atoms with Crippen molar-refractivity contribution in [3.63, 3.8) is 0 Å². The van der Waals surface area contributed by atoms with Gasteiger partial charge in [-0.2, -0.15) is 4.98 Å². The molecule has 0 bridgehead atoms. The molecule has 7 nitrogen and oxygen atoms in total. The second kappa shape index (κ2) is 5.40. The van der Waals surface area contributed by atoms with E-state index in [1.165, 1.54) is 37.4 Å². The van der Waals surface area contributed by atoms with E-state index in [1.54, 1.807) is 12.1 Å². The molecule has 8 heteroatoms. The summed E-state index contributed by atoms with van der Waals surface area (Å²) in [5.41, 5.74) is 5.55. The average molecular weight is 331 g/mol. The van der Waals surface area contributed by atoms with Crippen LogP contribution in [0.15, 0.2) is 57.1 Å². The smallest absolute Gasteiger partial charge is 0.347 e. The van der Waals surface area contributed by atoms with Crippen LogP contribution >= 0.6 is 0 Å². The van der Waals surface area contributed by atoms with Gasteiger partial charge < -0.3 is 15.5 Å². The van der Waals surface area contributed by atoms with E-state index in [2.05, 4.69) is 9.97 Å². The molecule has 0 spiro atoms.